The molecule has 17 nitrogen and oxygen atoms in total. The third kappa shape index (κ3) is 68.5. The molecular weight excluding hydrogens is 1850 g/mol. The molecule has 3 heterocycles. The van der Waals surface area contributed by atoms with E-state index in [0.717, 1.165) is 94.3 Å². The minimum atomic E-state index is 0. The number of pyridine rings is 3. The SMILES string of the molecule is C.C.C.C.C.C.C.C.CC(C)NC(C)c1ccc(Br)cc1.CC(C)NCCSc1ccnc2ccccc12.CC(C)Nc1ccc(Oc2ccccc2)cc1.CC(C)Nc1ccccc1.CC(C)Nc1ccccc1C(C)C.CCCc1cccnc1NC(C)C.COc1ccc(CCNC(C)C)cc1.COc1cccc(CNC(C)C)c1.COc1cccc([C@@H](C)NC(C)C)c1.Cc1ccc(NC(C)C)nc1. The molecule has 12 aromatic rings. The van der Waals surface area contributed by atoms with Crippen molar-refractivity contribution in [2.45, 2.75) is 349 Å². The van der Waals surface area contributed by atoms with Crippen LogP contribution in [-0.4, -0.2) is 116 Å². The normalized spacial score (nSPS) is 10.4. The number of hydrogen-bond donors (Lipinski definition) is 10. The zero-order valence-corrected chi connectivity index (χ0v) is 89.7. The van der Waals surface area contributed by atoms with Crippen LogP contribution in [0.5, 0.6) is 28.7 Å². The first kappa shape index (κ1) is 143. The van der Waals surface area contributed by atoms with Gasteiger partial charge in [-0.2, -0.15) is 0 Å². The highest BCUT2D eigenvalue weighted by atomic mass is 79.9. The third-order valence-corrected chi connectivity index (χ3v) is 21.0. The molecule has 0 saturated carbocycles. The predicted octanol–water partition coefficient (Wildman–Crippen LogP) is 34.6. The molecule has 3 aromatic heterocycles. The van der Waals surface area contributed by atoms with Gasteiger partial charge in [-0.15, -0.1) is 11.8 Å². The van der Waals surface area contributed by atoms with Crippen LogP contribution >= 0.6 is 27.7 Å². The van der Waals surface area contributed by atoms with Gasteiger partial charge in [0.15, 0.2) is 0 Å². The molecule has 0 aliphatic rings. The highest BCUT2D eigenvalue weighted by molar-refractivity contribution is 9.10. The van der Waals surface area contributed by atoms with Crippen LogP contribution in [0.3, 0.4) is 0 Å². The van der Waals surface area contributed by atoms with Gasteiger partial charge in [0.2, 0.25) is 0 Å². The predicted molar refractivity (Wildman–Crippen MR) is 646 cm³/mol. The lowest BCUT2D eigenvalue weighted by atomic mass is 10.0. The standard InChI is InChI=1S/C15H17NO.C14H18N2S.2C12H19NO.C12H19N.C11H16BrN.C11H18N2.C11H17NO.C9H14N2.C9H13N.8CH4/c1-12(2)16-13-8-10-15(11-9-13)17-14-6-4-3-5-7-14;1-11(2)15-9-10-17-14-7-8-16-13-6-4-3-5-12(13)14;1-9(2)13-10(3)11-6-5-7-12(8-11)14-4;1-10(2)13-9-8-11-4-6-12(14-3)7-5-11;1-9(2)11-7-5-6-8-12(11)13-10(3)4;1-8(2)13-9(3)10-4-6-11(12)7-5-10;1-4-6-10-7-5-8-12-11(10)13-9(2)3;1-9(2)12-8-10-5-4-6-11(7-10)13-3;1-7(2)11-9-5-4-8(3)6-10-9;1-8(2)10-9-6-4-3-5-7-9;;;;;;;;/h3-12,16H,1-2H3;3-8,11,15H,9-10H2,1-2H3;5-10,13H,1-4H3;4-7,10,13H,8-9H2,1-3H3;5-10,13H,1-4H3;4-9,13H,1-3H3;5,7-9H,4,6H2,1-3H3,(H,12,13);4-7,9,12H,8H2,1-3H3;4-7H,1-3H3,(H,10,11);3-8,10H,1-2H3;8*1H4/t;;10-;;;;;;;;;;;;;;;/m..1.............../s1. The van der Waals surface area contributed by atoms with E-state index in [4.69, 9.17) is 18.9 Å². The number of nitrogens with one attached hydrogen (secondary N) is 10. The van der Waals surface area contributed by atoms with Crippen LogP contribution in [0.25, 0.3) is 10.9 Å². The topological polar surface area (TPSA) is 196 Å². The number of thioether (sulfide) groups is 1. The quantitative estimate of drug-likeness (QED) is 0.0131. The smallest absolute Gasteiger partial charge is 0.129 e. The van der Waals surface area contributed by atoms with Crippen molar-refractivity contribution in [1.82, 2.24) is 41.5 Å². The monoisotopic (exact) mass is 2050 g/mol. The second-order valence-corrected chi connectivity index (χ2v) is 38.4. The molecule has 2 atom stereocenters. The molecule has 0 aliphatic carbocycles. The number of nitrogens with zero attached hydrogens (tertiary/aromatic N) is 3. The number of benzene rings is 9. The maximum Gasteiger partial charge on any atom is 0.129 e. The number of rotatable bonds is 36. The first-order chi connectivity index (χ1) is 64.5. The van der Waals surface area contributed by atoms with E-state index in [0.29, 0.717) is 78.4 Å². The zero-order chi connectivity index (χ0) is 99.8. The number of anilines is 5. The number of halogens is 1. The lowest BCUT2D eigenvalue weighted by Crippen LogP contribution is -2.25. The highest BCUT2D eigenvalue weighted by Gasteiger charge is 2.12. The van der Waals surface area contributed by atoms with Gasteiger partial charge in [-0.05, 0) is 282 Å². The Morgan fingerprint density at radius 2 is 0.832 bits per heavy atom. The summed E-state index contributed by atoms with van der Waals surface area (Å²) in [4.78, 5) is 14.2. The van der Waals surface area contributed by atoms with Crippen LogP contribution in [0.15, 0.2) is 289 Å². The number of aromatic nitrogens is 3. The Morgan fingerprint density at radius 3 is 1.35 bits per heavy atom. The summed E-state index contributed by atoms with van der Waals surface area (Å²) in [5, 5.41) is 35.0. The summed E-state index contributed by atoms with van der Waals surface area (Å²) in [7, 11) is 5.07. The fourth-order valence-corrected chi connectivity index (χ4v) is 14.2. The first-order valence-corrected chi connectivity index (χ1v) is 50.3. The van der Waals surface area contributed by atoms with Crippen molar-refractivity contribution in [3.05, 3.63) is 323 Å². The van der Waals surface area contributed by atoms with Crippen LogP contribution in [0, 0.1) is 6.92 Å². The summed E-state index contributed by atoms with van der Waals surface area (Å²) in [5.74, 6) is 8.13. The second kappa shape index (κ2) is 84.8. The van der Waals surface area contributed by atoms with E-state index in [-0.39, 0.29) is 59.4 Å². The van der Waals surface area contributed by atoms with Crippen LogP contribution < -0.4 is 72.1 Å². The van der Waals surface area contributed by atoms with Gasteiger partial charge >= 0.3 is 0 Å². The molecule has 10 N–H and O–H groups in total. The minimum absolute atomic E-state index is 0. The Kier molecular flexibility index (Phi) is 84.9. The van der Waals surface area contributed by atoms with E-state index in [1.807, 2.05) is 165 Å². The number of aryl methyl sites for hydroxylation is 2. The molecule has 9 aromatic carbocycles. The summed E-state index contributed by atoms with van der Waals surface area (Å²) in [6, 6.07) is 93.9. The van der Waals surface area contributed by atoms with Crippen molar-refractivity contribution >= 4 is 67.3 Å². The van der Waals surface area contributed by atoms with Crippen LogP contribution in [0.2, 0.25) is 0 Å². The van der Waals surface area contributed by atoms with E-state index in [1.165, 1.54) is 67.0 Å². The van der Waals surface area contributed by atoms with Crippen molar-refractivity contribution in [1.29, 1.82) is 0 Å². The number of ether oxygens (including phenoxy) is 4. The summed E-state index contributed by atoms with van der Waals surface area (Å²) in [5.41, 5.74) is 13.8. The molecule has 0 fully saturated rings. The van der Waals surface area contributed by atoms with E-state index < -0.39 is 0 Å². The highest BCUT2D eigenvalue weighted by Crippen LogP contribution is 2.29. The maximum absolute atomic E-state index is 5.71. The summed E-state index contributed by atoms with van der Waals surface area (Å²) < 4.78 is 22.3. The molecule has 143 heavy (non-hydrogen) atoms. The molecule has 800 valence electrons. The number of fused-ring (bicyclic) bond motifs is 1. The maximum atomic E-state index is 5.71. The minimum Gasteiger partial charge on any atom is -0.497 e. The zero-order valence-electron chi connectivity index (χ0n) is 87.3. The molecule has 0 saturated heterocycles. The molecule has 0 radical (unpaired) electrons. The molecule has 1 unspecified atom stereocenters. The van der Waals surface area contributed by atoms with Crippen molar-refractivity contribution in [3.8, 4) is 28.7 Å². The van der Waals surface area contributed by atoms with Gasteiger partial charge in [0.25, 0.3) is 0 Å². The van der Waals surface area contributed by atoms with E-state index in [9.17, 15) is 0 Å². The van der Waals surface area contributed by atoms with E-state index in [1.54, 1.807) is 21.3 Å². The Hall–Kier alpha value is -10.5. The molecule has 19 heteroatoms. The van der Waals surface area contributed by atoms with Crippen LogP contribution in [0.4, 0.5) is 28.7 Å². The Bertz CT molecular complexity index is 4940. The van der Waals surface area contributed by atoms with Gasteiger partial charge in [0.05, 0.1) is 26.8 Å². The average molecular weight is 2050 g/mol. The molecule has 12 rings (SSSR count). The van der Waals surface area contributed by atoms with Gasteiger partial charge in [-0.25, -0.2) is 9.97 Å². The number of methoxy groups -OCH3 is 3. The summed E-state index contributed by atoms with van der Waals surface area (Å²) in [6.45, 7) is 58.8. The second-order valence-electron chi connectivity index (χ2n) is 36.3. The van der Waals surface area contributed by atoms with Crippen LogP contribution in [-0.2, 0) is 19.4 Å². The Morgan fingerprint density at radius 1 is 0.350 bits per heavy atom. The Balaban J connectivity index is -0.000000363. The van der Waals surface area contributed by atoms with E-state index in [2.05, 4.69) is 391 Å². The first-order valence-electron chi connectivity index (χ1n) is 48.5. The van der Waals surface area contributed by atoms with Crippen molar-refractivity contribution in [3.63, 3.8) is 0 Å². The molecule has 0 spiro atoms. The van der Waals surface area contributed by atoms with Crippen molar-refractivity contribution < 1.29 is 18.9 Å². The van der Waals surface area contributed by atoms with E-state index >= 15 is 0 Å². The van der Waals surface area contributed by atoms with Crippen molar-refractivity contribution in [2.75, 3.05) is 66.8 Å². The number of para-hydroxylation sites is 4. The van der Waals surface area contributed by atoms with Gasteiger partial charge in [-0.1, -0.05) is 305 Å². The lowest BCUT2D eigenvalue weighted by Gasteiger charge is -2.17. The van der Waals surface area contributed by atoms with Gasteiger partial charge in [0, 0.05) is 142 Å². The van der Waals surface area contributed by atoms with Crippen molar-refractivity contribution in [2.24, 2.45) is 0 Å². The van der Waals surface area contributed by atoms with Gasteiger partial charge in [0.1, 0.15) is 40.4 Å². The van der Waals surface area contributed by atoms with Crippen LogP contribution in [0.1, 0.15) is 296 Å². The molecule has 0 aliphatic heterocycles. The largest absolute Gasteiger partial charge is 0.497 e. The summed E-state index contributed by atoms with van der Waals surface area (Å²) in [6.07, 6.45) is 8.93. The fraction of sp³-hybridized carbons (Fsp3) is 0.460. The molecular formula is C124H202BrN13O4S. The fourth-order valence-electron chi connectivity index (χ4n) is 13.0. The lowest BCUT2D eigenvalue weighted by molar-refractivity contribution is 0.412. The average Bonchev–Trinajstić information content (AvgIpc) is 0.832. The summed E-state index contributed by atoms with van der Waals surface area (Å²) >= 11 is 5.31. The third-order valence-electron chi connectivity index (χ3n) is 19.4. The Labute approximate surface area is 888 Å². The van der Waals surface area contributed by atoms with Gasteiger partial charge < -0.3 is 72.1 Å². The van der Waals surface area contributed by atoms with Gasteiger partial charge in [-0.3, -0.25) is 4.98 Å². The molecule has 0 amide bonds. The number of hydrogen-bond acceptors (Lipinski definition) is 18. The molecule has 0 bridgehead atoms.